The third-order valence-electron chi connectivity index (χ3n) is 6.37. The van der Waals surface area contributed by atoms with E-state index in [0.717, 1.165) is 16.8 Å². The Hall–Kier alpha value is -4.50. The number of fused-ring (bicyclic) bond motifs is 1. The van der Waals surface area contributed by atoms with Crippen molar-refractivity contribution >= 4 is 44.6 Å². The van der Waals surface area contributed by atoms with Gasteiger partial charge in [0.05, 0.1) is 35.2 Å². The molecule has 3 heterocycles. The molecule has 11 nitrogen and oxygen atoms in total. The van der Waals surface area contributed by atoms with Gasteiger partial charge in [-0.3, -0.25) is 4.79 Å². The molecule has 238 valence electrons. The summed E-state index contributed by atoms with van der Waals surface area (Å²) in [4.78, 5) is 39.1. The molecule has 1 aliphatic rings. The van der Waals surface area contributed by atoms with Crippen molar-refractivity contribution in [2.45, 2.75) is 45.6 Å². The highest BCUT2D eigenvalue weighted by molar-refractivity contribution is 7.22. The van der Waals surface area contributed by atoms with Gasteiger partial charge < -0.3 is 29.7 Å². The molecule has 0 spiro atoms. The number of alkyl halides is 3. The number of nitrogens with one attached hydrogen (secondary N) is 2. The number of hydrogen-bond donors (Lipinski definition) is 2. The summed E-state index contributed by atoms with van der Waals surface area (Å²) in [5.74, 6) is 0.320. The van der Waals surface area contributed by atoms with Gasteiger partial charge in [-0.05, 0) is 45.0 Å². The van der Waals surface area contributed by atoms with Gasteiger partial charge in [0.2, 0.25) is 17.7 Å². The van der Waals surface area contributed by atoms with Gasteiger partial charge in [0, 0.05) is 31.6 Å². The van der Waals surface area contributed by atoms with Gasteiger partial charge in [0.1, 0.15) is 11.1 Å². The quantitative estimate of drug-likeness (QED) is 0.230. The first kappa shape index (κ1) is 31.9. The molecular formula is C30H31F3N6O5S. The molecule has 4 aromatic rings. The molecule has 2 amide bonds. The molecule has 5 rings (SSSR count). The van der Waals surface area contributed by atoms with E-state index in [1.54, 1.807) is 37.8 Å². The lowest BCUT2D eigenvalue weighted by molar-refractivity contribution is -0.137. The Balaban J connectivity index is 1.41. The summed E-state index contributed by atoms with van der Waals surface area (Å²) in [6.07, 6.45) is -5.34. The molecule has 0 bridgehead atoms. The van der Waals surface area contributed by atoms with Crippen LogP contribution in [0.4, 0.5) is 29.0 Å². The maximum atomic E-state index is 13.2. The molecule has 0 unspecified atom stereocenters. The van der Waals surface area contributed by atoms with Crippen LogP contribution in [-0.2, 0) is 20.4 Å². The van der Waals surface area contributed by atoms with Crippen molar-refractivity contribution in [1.29, 1.82) is 0 Å². The molecule has 1 fully saturated rings. The smallest absolute Gasteiger partial charge is 0.416 e. The fourth-order valence-corrected chi connectivity index (χ4v) is 5.33. The standard InChI is InChI=1S/C30H31F3N6O5S/c1-17(40)35-27-38-25-22(6-5-7-23(25)45-27)43-24-14-21(18-8-10-19(11-9-18)30(31,32)33)36-26(37-24)34-15-20-16-39(12-13-42-20)28(41)44-29(2,3)4/h5-11,14,20H,12-13,15-16H2,1-4H3,(H,34,36,37)(H,35,38,40)/t20-/m1/s1. The second-order valence-electron chi connectivity index (χ2n) is 11.2. The number of ether oxygens (including phenoxy) is 3. The Morgan fingerprint density at radius 1 is 1.09 bits per heavy atom. The van der Waals surface area contributed by atoms with Gasteiger partial charge in [-0.15, -0.1) is 0 Å². The van der Waals surface area contributed by atoms with Crippen LogP contribution in [-0.4, -0.2) is 69.8 Å². The van der Waals surface area contributed by atoms with E-state index in [-0.39, 0.29) is 30.8 Å². The number of morpholine rings is 1. The summed E-state index contributed by atoms with van der Waals surface area (Å²) >= 11 is 1.27. The van der Waals surface area contributed by atoms with Crippen molar-refractivity contribution in [3.63, 3.8) is 0 Å². The van der Waals surface area contributed by atoms with Gasteiger partial charge in [-0.25, -0.2) is 14.8 Å². The molecule has 1 aliphatic heterocycles. The molecule has 0 radical (unpaired) electrons. The van der Waals surface area contributed by atoms with E-state index < -0.39 is 29.5 Å². The van der Waals surface area contributed by atoms with Crippen LogP contribution >= 0.6 is 11.3 Å². The van der Waals surface area contributed by atoms with Crippen LogP contribution in [0.3, 0.4) is 0 Å². The number of halogens is 3. The number of anilines is 2. The number of benzene rings is 2. The fraction of sp³-hybridized carbons (Fsp3) is 0.367. The number of para-hydroxylation sites is 1. The van der Waals surface area contributed by atoms with Gasteiger partial charge in [-0.2, -0.15) is 18.2 Å². The highest BCUT2D eigenvalue weighted by Crippen LogP contribution is 2.36. The molecule has 2 aromatic carbocycles. The number of amides is 2. The monoisotopic (exact) mass is 644 g/mol. The van der Waals surface area contributed by atoms with Crippen molar-refractivity contribution in [1.82, 2.24) is 19.9 Å². The second-order valence-corrected chi connectivity index (χ2v) is 12.2. The van der Waals surface area contributed by atoms with E-state index in [1.165, 1.54) is 36.5 Å². The Bertz CT molecular complexity index is 1690. The second kappa shape index (κ2) is 12.9. The van der Waals surface area contributed by atoms with Crippen LogP contribution in [0.1, 0.15) is 33.3 Å². The number of rotatable bonds is 7. The number of carbonyl (C=O) groups excluding carboxylic acids is 2. The maximum absolute atomic E-state index is 13.2. The SMILES string of the molecule is CC(=O)Nc1nc2c(Oc3cc(-c4ccc(C(F)(F)F)cc4)nc(NC[C@@H]4CN(C(=O)OC(C)(C)C)CCO4)n3)cccc2s1. The minimum absolute atomic E-state index is 0.101. The average molecular weight is 645 g/mol. The third kappa shape index (κ3) is 8.36. The molecule has 1 atom stereocenters. The van der Waals surface area contributed by atoms with Crippen molar-refractivity contribution in [3.8, 4) is 22.9 Å². The Labute approximate surface area is 260 Å². The number of aromatic nitrogens is 3. The van der Waals surface area contributed by atoms with Crippen molar-refractivity contribution in [2.75, 3.05) is 36.9 Å². The highest BCUT2D eigenvalue weighted by atomic mass is 32.1. The predicted molar refractivity (Wildman–Crippen MR) is 163 cm³/mol. The molecular weight excluding hydrogens is 613 g/mol. The summed E-state index contributed by atoms with van der Waals surface area (Å²) in [6.45, 7) is 7.95. The van der Waals surface area contributed by atoms with Crippen molar-refractivity contribution < 1.29 is 37.0 Å². The van der Waals surface area contributed by atoms with E-state index in [0.29, 0.717) is 40.8 Å². The van der Waals surface area contributed by atoms with Crippen LogP contribution in [0, 0.1) is 0 Å². The fourth-order valence-electron chi connectivity index (χ4n) is 4.40. The summed E-state index contributed by atoms with van der Waals surface area (Å²) in [7, 11) is 0. The Morgan fingerprint density at radius 3 is 2.53 bits per heavy atom. The lowest BCUT2D eigenvalue weighted by Crippen LogP contribution is -2.49. The zero-order valence-electron chi connectivity index (χ0n) is 24.9. The number of carbonyl (C=O) groups is 2. The minimum Gasteiger partial charge on any atom is -0.444 e. The Kier molecular flexibility index (Phi) is 9.11. The molecule has 0 aliphatic carbocycles. The van der Waals surface area contributed by atoms with E-state index in [4.69, 9.17) is 14.2 Å². The minimum atomic E-state index is -4.49. The number of thiazole rings is 1. The van der Waals surface area contributed by atoms with Gasteiger partial charge in [0.25, 0.3) is 0 Å². The predicted octanol–water partition coefficient (Wildman–Crippen LogP) is 6.57. The van der Waals surface area contributed by atoms with Gasteiger partial charge in [0.15, 0.2) is 10.9 Å². The summed E-state index contributed by atoms with van der Waals surface area (Å²) in [6, 6.07) is 11.4. The van der Waals surface area contributed by atoms with Gasteiger partial charge >= 0.3 is 12.3 Å². The first-order chi connectivity index (χ1) is 21.2. The Morgan fingerprint density at radius 2 is 1.84 bits per heavy atom. The molecule has 2 N–H and O–H groups in total. The largest absolute Gasteiger partial charge is 0.444 e. The van der Waals surface area contributed by atoms with Crippen LogP contribution in [0.15, 0.2) is 48.5 Å². The third-order valence-corrected chi connectivity index (χ3v) is 7.30. The first-order valence-electron chi connectivity index (χ1n) is 14.0. The number of hydrogen-bond acceptors (Lipinski definition) is 10. The van der Waals surface area contributed by atoms with Crippen molar-refractivity contribution in [2.24, 2.45) is 0 Å². The zero-order chi connectivity index (χ0) is 32.4. The molecule has 1 saturated heterocycles. The summed E-state index contributed by atoms with van der Waals surface area (Å²) in [5, 5.41) is 6.17. The summed E-state index contributed by atoms with van der Waals surface area (Å²) in [5.41, 5.74) is -0.221. The topological polar surface area (TPSA) is 128 Å². The van der Waals surface area contributed by atoms with E-state index in [2.05, 4.69) is 25.6 Å². The maximum Gasteiger partial charge on any atom is 0.416 e. The lowest BCUT2D eigenvalue weighted by atomic mass is 10.1. The lowest BCUT2D eigenvalue weighted by Gasteiger charge is -2.34. The van der Waals surface area contributed by atoms with E-state index in [9.17, 15) is 22.8 Å². The van der Waals surface area contributed by atoms with E-state index in [1.807, 2.05) is 6.07 Å². The average Bonchev–Trinajstić information content (AvgIpc) is 3.38. The van der Waals surface area contributed by atoms with E-state index >= 15 is 0 Å². The van der Waals surface area contributed by atoms with Gasteiger partial charge in [-0.1, -0.05) is 29.5 Å². The molecule has 45 heavy (non-hydrogen) atoms. The first-order valence-corrected chi connectivity index (χ1v) is 14.8. The normalized spacial score (nSPS) is 15.5. The molecule has 0 saturated carbocycles. The van der Waals surface area contributed by atoms with Crippen molar-refractivity contribution in [3.05, 3.63) is 54.1 Å². The van der Waals surface area contributed by atoms with Crippen LogP contribution in [0.25, 0.3) is 21.5 Å². The van der Waals surface area contributed by atoms with Crippen LogP contribution in [0.2, 0.25) is 0 Å². The van der Waals surface area contributed by atoms with Crippen LogP contribution in [0.5, 0.6) is 11.6 Å². The molecule has 15 heteroatoms. The molecule has 2 aromatic heterocycles. The highest BCUT2D eigenvalue weighted by Gasteiger charge is 2.30. The number of nitrogens with zero attached hydrogens (tertiary/aromatic N) is 4. The van der Waals surface area contributed by atoms with Crippen LogP contribution < -0.4 is 15.4 Å². The summed E-state index contributed by atoms with van der Waals surface area (Å²) < 4.78 is 57.8. The zero-order valence-corrected chi connectivity index (χ0v) is 25.7.